The second kappa shape index (κ2) is 9.29. The van der Waals surface area contributed by atoms with E-state index in [9.17, 15) is 14.0 Å². The molecule has 174 valence electrons. The first-order valence-corrected chi connectivity index (χ1v) is 11.5. The molecule has 0 atom stereocenters. The summed E-state index contributed by atoms with van der Waals surface area (Å²) in [6, 6.07) is 5.60. The van der Waals surface area contributed by atoms with Crippen LogP contribution < -0.4 is 5.32 Å². The first-order valence-electron chi connectivity index (χ1n) is 11.5. The molecule has 2 amide bonds. The van der Waals surface area contributed by atoms with Crippen LogP contribution in [0.2, 0.25) is 0 Å². The van der Waals surface area contributed by atoms with E-state index in [1.54, 1.807) is 36.5 Å². The molecule has 4 heterocycles. The monoisotopic (exact) mass is 451 g/mol. The number of likely N-dealkylation sites (tertiary alicyclic amines) is 1. The summed E-state index contributed by atoms with van der Waals surface area (Å²) in [4.78, 5) is 36.0. The zero-order valence-electron chi connectivity index (χ0n) is 19.3. The van der Waals surface area contributed by atoms with Gasteiger partial charge >= 0.3 is 0 Å². The number of carbonyl (C=O) groups is 2. The van der Waals surface area contributed by atoms with Gasteiger partial charge < -0.3 is 10.2 Å². The number of piperidine rings is 1. The first-order chi connectivity index (χ1) is 15.8. The van der Waals surface area contributed by atoms with Crippen LogP contribution >= 0.6 is 0 Å². The van der Waals surface area contributed by atoms with Crippen LogP contribution in [0.25, 0.3) is 16.7 Å². The number of rotatable bonds is 6. The quantitative estimate of drug-likeness (QED) is 0.606. The van der Waals surface area contributed by atoms with Gasteiger partial charge in [-0.15, -0.1) is 0 Å². The van der Waals surface area contributed by atoms with Crippen molar-refractivity contribution in [1.82, 2.24) is 24.8 Å². The van der Waals surface area contributed by atoms with Gasteiger partial charge in [0.05, 0.1) is 23.0 Å². The largest absolute Gasteiger partial charge is 0.349 e. The van der Waals surface area contributed by atoms with Crippen molar-refractivity contribution in [3.63, 3.8) is 0 Å². The molecule has 0 aliphatic carbocycles. The van der Waals surface area contributed by atoms with Crippen molar-refractivity contribution in [2.45, 2.75) is 58.2 Å². The second-order valence-electron chi connectivity index (χ2n) is 8.95. The van der Waals surface area contributed by atoms with Crippen molar-refractivity contribution in [3.05, 3.63) is 54.1 Å². The van der Waals surface area contributed by atoms with Gasteiger partial charge in [0.2, 0.25) is 0 Å². The molecule has 1 fully saturated rings. The number of alkyl halides is 1. The number of aromatic nitrogens is 3. The lowest BCUT2D eigenvalue weighted by molar-refractivity contribution is 0.0503. The Bertz CT molecular complexity index is 1160. The second-order valence-corrected chi connectivity index (χ2v) is 8.95. The molecule has 7 nitrogen and oxygen atoms in total. The summed E-state index contributed by atoms with van der Waals surface area (Å²) in [7, 11) is 0. The number of hydrogen-bond donors (Lipinski definition) is 1. The molecular formula is C25H30FN5O2. The summed E-state index contributed by atoms with van der Waals surface area (Å²) < 4.78 is 15.9. The number of fused-ring (bicyclic) bond motifs is 1. The van der Waals surface area contributed by atoms with Crippen LogP contribution in [0.15, 0.2) is 43.0 Å². The smallest absolute Gasteiger partial charge is 0.255 e. The fourth-order valence-electron chi connectivity index (χ4n) is 4.15. The van der Waals surface area contributed by atoms with E-state index in [0.29, 0.717) is 48.4 Å². The summed E-state index contributed by atoms with van der Waals surface area (Å²) in [6.45, 7) is 6.49. The minimum atomic E-state index is -1.20. The first kappa shape index (κ1) is 22.9. The third kappa shape index (κ3) is 4.89. The Morgan fingerprint density at radius 2 is 1.85 bits per heavy atom. The normalized spacial score (nSPS) is 15.7. The minimum absolute atomic E-state index is 0.129. The molecule has 0 radical (unpaired) electrons. The Kier molecular flexibility index (Phi) is 6.44. The van der Waals surface area contributed by atoms with Crippen LogP contribution in [0.1, 0.15) is 67.2 Å². The van der Waals surface area contributed by atoms with Gasteiger partial charge in [0, 0.05) is 43.1 Å². The SMILES string of the molecule is CCC(CC)NC(=O)c1cncc(-n2ccc3cc(C(=O)N4CCC(C)(F)CC4)cnc32)c1. The van der Waals surface area contributed by atoms with E-state index in [1.165, 1.54) is 0 Å². The number of nitrogens with one attached hydrogen (secondary N) is 1. The maximum absolute atomic E-state index is 14.1. The Morgan fingerprint density at radius 1 is 1.12 bits per heavy atom. The summed E-state index contributed by atoms with van der Waals surface area (Å²) in [6.07, 6.45) is 9.06. The molecule has 0 bridgehead atoms. The molecule has 0 saturated carbocycles. The minimum Gasteiger partial charge on any atom is -0.349 e. The highest BCUT2D eigenvalue weighted by molar-refractivity contribution is 5.97. The third-order valence-electron chi connectivity index (χ3n) is 6.45. The number of nitrogens with zero attached hydrogens (tertiary/aromatic N) is 4. The van der Waals surface area contributed by atoms with Crippen molar-refractivity contribution in [1.29, 1.82) is 0 Å². The van der Waals surface area contributed by atoms with E-state index in [0.717, 1.165) is 18.2 Å². The molecule has 3 aromatic rings. The molecule has 8 heteroatoms. The van der Waals surface area contributed by atoms with Crippen molar-refractivity contribution in [2.24, 2.45) is 0 Å². The van der Waals surface area contributed by atoms with Crippen LogP contribution in [0, 0.1) is 0 Å². The maximum atomic E-state index is 14.1. The van der Waals surface area contributed by atoms with Gasteiger partial charge in [0.15, 0.2) is 0 Å². The van der Waals surface area contributed by atoms with Crippen LogP contribution in [0.3, 0.4) is 0 Å². The molecule has 1 saturated heterocycles. The number of pyridine rings is 2. The van der Waals surface area contributed by atoms with Crippen molar-refractivity contribution in [3.8, 4) is 5.69 Å². The third-order valence-corrected chi connectivity index (χ3v) is 6.45. The number of halogens is 1. The highest BCUT2D eigenvalue weighted by Gasteiger charge is 2.32. The van der Waals surface area contributed by atoms with Gasteiger partial charge in [-0.05, 0) is 50.8 Å². The lowest BCUT2D eigenvalue weighted by Gasteiger charge is -2.34. The lowest BCUT2D eigenvalue weighted by Crippen LogP contribution is -2.43. The molecule has 1 N–H and O–H groups in total. The van der Waals surface area contributed by atoms with E-state index in [2.05, 4.69) is 15.3 Å². The molecular weight excluding hydrogens is 421 g/mol. The van der Waals surface area contributed by atoms with E-state index in [-0.39, 0.29) is 17.9 Å². The van der Waals surface area contributed by atoms with Gasteiger partial charge in [-0.2, -0.15) is 0 Å². The van der Waals surface area contributed by atoms with Gasteiger partial charge in [0.25, 0.3) is 11.8 Å². The summed E-state index contributed by atoms with van der Waals surface area (Å²) >= 11 is 0. The van der Waals surface area contributed by atoms with Gasteiger partial charge in [-0.3, -0.25) is 19.1 Å². The fraction of sp³-hybridized carbons (Fsp3) is 0.440. The standard InChI is InChI=1S/C25H30FN5O2/c1-4-20(5-2)29-23(32)18-13-21(16-27-14-18)31-9-6-17-12-19(15-28-22(17)31)24(33)30-10-7-25(3,26)8-11-30/h6,9,12-16,20H,4-5,7-8,10-11H2,1-3H3,(H,29,32). The highest BCUT2D eigenvalue weighted by atomic mass is 19.1. The van der Waals surface area contributed by atoms with Crippen LogP contribution in [0.5, 0.6) is 0 Å². The zero-order valence-corrected chi connectivity index (χ0v) is 19.3. The van der Waals surface area contributed by atoms with Crippen LogP contribution in [-0.2, 0) is 0 Å². The van der Waals surface area contributed by atoms with Gasteiger partial charge in [-0.25, -0.2) is 9.37 Å². The molecule has 0 spiro atoms. The number of hydrogen-bond acceptors (Lipinski definition) is 4. The van der Waals surface area contributed by atoms with E-state index < -0.39 is 5.67 Å². The molecule has 33 heavy (non-hydrogen) atoms. The molecule has 4 rings (SSSR count). The average Bonchev–Trinajstić information content (AvgIpc) is 3.25. The average molecular weight is 452 g/mol. The lowest BCUT2D eigenvalue weighted by atomic mass is 9.95. The number of carbonyl (C=O) groups excluding carboxylic acids is 2. The summed E-state index contributed by atoms with van der Waals surface area (Å²) in [5.41, 5.74) is 1.15. The predicted octanol–water partition coefficient (Wildman–Crippen LogP) is 4.30. The van der Waals surface area contributed by atoms with Crippen molar-refractivity contribution >= 4 is 22.8 Å². The predicted molar refractivity (Wildman–Crippen MR) is 125 cm³/mol. The topological polar surface area (TPSA) is 80.1 Å². The summed E-state index contributed by atoms with van der Waals surface area (Å²) in [5, 5.41) is 3.83. The summed E-state index contributed by atoms with van der Waals surface area (Å²) in [5.74, 6) is -0.282. The highest BCUT2D eigenvalue weighted by Crippen LogP contribution is 2.27. The van der Waals surface area contributed by atoms with Crippen LogP contribution in [0.4, 0.5) is 4.39 Å². The molecule has 0 aromatic carbocycles. The van der Waals surface area contributed by atoms with Crippen molar-refractivity contribution < 1.29 is 14.0 Å². The van der Waals surface area contributed by atoms with E-state index in [4.69, 9.17) is 0 Å². The zero-order chi connectivity index (χ0) is 23.6. The van der Waals surface area contributed by atoms with Gasteiger partial charge in [-0.1, -0.05) is 13.8 Å². The Balaban J connectivity index is 1.56. The molecule has 1 aliphatic heterocycles. The van der Waals surface area contributed by atoms with E-state index >= 15 is 0 Å². The Morgan fingerprint density at radius 3 is 2.55 bits per heavy atom. The number of amides is 2. The Hall–Kier alpha value is -3.29. The van der Waals surface area contributed by atoms with Crippen molar-refractivity contribution in [2.75, 3.05) is 13.1 Å². The maximum Gasteiger partial charge on any atom is 0.255 e. The fourth-order valence-corrected chi connectivity index (χ4v) is 4.15. The molecule has 0 unspecified atom stereocenters. The van der Waals surface area contributed by atoms with Gasteiger partial charge in [0.1, 0.15) is 11.3 Å². The molecule has 1 aliphatic rings. The molecule has 3 aromatic heterocycles. The van der Waals surface area contributed by atoms with E-state index in [1.807, 2.05) is 36.7 Å². The Labute approximate surface area is 193 Å². The van der Waals surface area contributed by atoms with Crippen LogP contribution in [-0.4, -0.2) is 56.0 Å².